The fraction of sp³-hybridized carbons (Fsp3) is 0.417. The van der Waals surface area contributed by atoms with Gasteiger partial charge >= 0.3 is 0 Å². The van der Waals surface area contributed by atoms with E-state index in [4.69, 9.17) is 16.9 Å². The third-order valence-corrected chi connectivity index (χ3v) is 3.26. The van der Waals surface area contributed by atoms with Gasteiger partial charge < -0.3 is 10.2 Å². The van der Waals surface area contributed by atoms with E-state index in [-0.39, 0.29) is 17.5 Å². The summed E-state index contributed by atoms with van der Waals surface area (Å²) in [6, 6.07) is 3.51. The molecule has 94 valence electrons. The van der Waals surface area contributed by atoms with Crippen molar-refractivity contribution < 1.29 is 4.79 Å². The molecule has 1 aromatic heterocycles. The number of amides is 1. The van der Waals surface area contributed by atoms with Crippen molar-refractivity contribution in [3.63, 3.8) is 0 Å². The first kappa shape index (κ1) is 12.7. The van der Waals surface area contributed by atoms with Crippen molar-refractivity contribution in [2.45, 2.75) is 12.8 Å². The highest BCUT2D eigenvalue weighted by molar-refractivity contribution is 6.34. The van der Waals surface area contributed by atoms with Crippen molar-refractivity contribution in [1.29, 1.82) is 5.26 Å². The molecule has 1 N–H and O–H groups in total. The summed E-state index contributed by atoms with van der Waals surface area (Å²) in [6.45, 7) is 1.79. The third kappa shape index (κ3) is 2.71. The summed E-state index contributed by atoms with van der Waals surface area (Å²) in [6.07, 6.45) is 3.62. The number of hydrogen-bond acceptors (Lipinski definition) is 4. The molecule has 18 heavy (non-hydrogen) atoms. The van der Waals surface area contributed by atoms with Gasteiger partial charge in [0.1, 0.15) is 16.9 Å². The van der Waals surface area contributed by atoms with Crippen molar-refractivity contribution in [2.24, 2.45) is 0 Å². The number of likely N-dealkylation sites (tertiary alicyclic amines) is 1. The minimum Gasteiger partial charge on any atom is -0.360 e. The van der Waals surface area contributed by atoms with Crippen molar-refractivity contribution in [3.05, 3.63) is 22.8 Å². The van der Waals surface area contributed by atoms with Crippen LogP contribution in [0, 0.1) is 11.3 Å². The molecule has 0 bridgehead atoms. The Labute approximate surface area is 110 Å². The first-order valence-corrected chi connectivity index (χ1v) is 6.16. The van der Waals surface area contributed by atoms with Crippen LogP contribution in [0.3, 0.4) is 0 Å². The molecule has 0 spiro atoms. The lowest BCUT2D eigenvalue weighted by atomic mass is 10.3. The summed E-state index contributed by atoms with van der Waals surface area (Å²) in [4.78, 5) is 17.6. The number of rotatable bonds is 3. The molecule has 0 aromatic carbocycles. The number of aromatic nitrogens is 1. The van der Waals surface area contributed by atoms with E-state index in [1.54, 1.807) is 0 Å². The lowest BCUT2D eigenvalue weighted by molar-refractivity contribution is -0.128. The van der Waals surface area contributed by atoms with Gasteiger partial charge in [0.15, 0.2) is 0 Å². The highest BCUT2D eigenvalue weighted by Gasteiger charge is 2.18. The molecule has 1 aliphatic rings. The highest BCUT2D eigenvalue weighted by Crippen LogP contribution is 2.22. The Kier molecular flexibility index (Phi) is 4.00. The van der Waals surface area contributed by atoms with Crippen LogP contribution < -0.4 is 5.32 Å². The molecule has 0 unspecified atom stereocenters. The zero-order valence-electron chi connectivity index (χ0n) is 9.82. The molecule has 1 aliphatic heterocycles. The second-order valence-electron chi connectivity index (χ2n) is 4.07. The average Bonchev–Trinajstić information content (AvgIpc) is 2.91. The van der Waals surface area contributed by atoms with Crippen molar-refractivity contribution in [1.82, 2.24) is 9.88 Å². The number of nitriles is 1. The first-order valence-electron chi connectivity index (χ1n) is 5.78. The van der Waals surface area contributed by atoms with Gasteiger partial charge in [0.25, 0.3) is 0 Å². The standard InChI is InChI=1S/C12H13ClN4O/c13-11-9(7-14)3-4-15-12(11)16-8-10(18)17-5-1-2-6-17/h3-4H,1-2,5-6,8H2,(H,15,16). The summed E-state index contributed by atoms with van der Waals surface area (Å²) < 4.78 is 0. The van der Waals surface area contributed by atoms with Gasteiger partial charge in [-0.1, -0.05) is 11.6 Å². The van der Waals surface area contributed by atoms with Gasteiger partial charge in [0.2, 0.25) is 5.91 Å². The van der Waals surface area contributed by atoms with Crippen LogP contribution in [0.2, 0.25) is 5.02 Å². The van der Waals surface area contributed by atoms with E-state index in [0.29, 0.717) is 11.4 Å². The number of carbonyl (C=O) groups is 1. The van der Waals surface area contributed by atoms with Crippen LogP contribution in [0.5, 0.6) is 0 Å². The van der Waals surface area contributed by atoms with E-state index >= 15 is 0 Å². The van der Waals surface area contributed by atoms with E-state index in [9.17, 15) is 4.79 Å². The van der Waals surface area contributed by atoms with Crippen LogP contribution in [0.1, 0.15) is 18.4 Å². The Balaban J connectivity index is 1.98. The van der Waals surface area contributed by atoms with Gasteiger partial charge in [-0.2, -0.15) is 5.26 Å². The molecule has 5 nitrogen and oxygen atoms in total. The normalized spacial score (nSPS) is 14.3. The minimum absolute atomic E-state index is 0.0349. The highest BCUT2D eigenvalue weighted by atomic mass is 35.5. The van der Waals surface area contributed by atoms with E-state index in [2.05, 4.69) is 10.3 Å². The maximum atomic E-state index is 11.8. The lowest BCUT2D eigenvalue weighted by Gasteiger charge is -2.16. The predicted molar refractivity (Wildman–Crippen MR) is 68.3 cm³/mol. The number of nitrogens with one attached hydrogen (secondary N) is 1. The number of hydrogen-bond donors (Lipinski definition) is 1. The first-order chi connectivity index (χ1) is 8.72. The fourth-order valence-electron chi connectivity index (χ4n) is 1.89. The SMILES string of the molecule is N#Cc1ccnc(NCC(=O)N2CCCC2)c1Cl. The van der Waals surface area contributed by atoms with Crippen LogP contribution in [-0.2, 0) is 4.79 Å². The molecule has 0 saturated carbocycles. The zero-order chi connectivity index (χ0) is 13.0. The molecule has 2 rings (SSSR count). The smallest absolute Gasteiger partial charge is 0.241 e. The zero-order valence-corrected chi connectivity index (χ0v) is 10.6. The topological polar surface area (TPSA) is 69.0 Å². The summed E-state index contributed by atoms with van der Waals surface area (Å²) in [5.41, 5.74) is 0.350. The van der Waals surface area contributed by atoms with Gasteiger partial charge in [-0.15, -0.1) is 0 Å². The monoisotopic (exact) mass is 264 g/mol. The van der Waals surface area contributed by atoms with E-state index in [1.807, 2.05) is 11.0 Å². The maximum Gasteiger partial charge on any atom is 0.241 e. The number of halogens is 1. The Morgan fingerprint density at radius 2 is 2.28 bits per heavy atom. The van der Waals surface area contributed by atoms with Gasteiger partial charge in [-0.25, -0.2) is 4.98 Å². The van der Waals surface area contributed by atoms with E-state index in [0.717, 1.165) is 25.9 Å². The molecule has 6 heteroatoms. The fourth-order valence-corrected chi connectivity index (χ4v) is 2.11. The number of pyridine rings is 1. The lowest BCUT2D eigenvalue weighted by Crippen LogP contribution is -2.33. The number of carbonyl (C=O) groups excluding carboxylic acids is 1. The molecule has 0 radical (unpaired) electrons. The number of anilines is 1. The predicted octanol–water partition coefficient (Wildman–Crippen LogP) is 1.64. The Morgan fingerprint density at radius 3 is 2.94 bits per heavy atom. The quantitative estimate of drug-likeness (QED) is 0.901. The average molecular weight is 265 g/mol. The van der Waals surface area contributed by atoms with Crippen LogP contribution in [0.4, 0.5) is 5.82 Å². The van der Waals surface area contributed by atoms with Gasteiger partial charge in [-0.05, 0) is 18.9 Å². The van der Waals surface area contributed by atoms with Crippen molar-refractivity contribution in [2.75, 3.05) is 25.0 Å². The van der Waals surface area contributed by atoms with Crippen LogP contribution in [0.15, 0.2) is 12.3 Å². The number of nitrogens with zero attached hydrogens (tertiary/aromatic N) is 3. The van der Waals surface area contributed by atoms with Crippen LogP contribution in [-0.4, -0.2) is 35.4 Å². The molecular weight excluding hydrogens is 252 g/mol. The molecule has 1 saturated heterocycles. The second-order valence-corrected chi connectivity index (χ2v) is 4.45. The van der Waals surface area contributed by atoms with Gasteiger partial charge in [0, 0.05) is 19.3 Å². The van der Waals surface area contributed by atoms with E-state index < -0.39 is 0 Å². The minimum atomic E-state index is 0.0349. The Hall–Kier alpha value is -1.80. The van der Waals surface area contributed by atoms with Crippen molar-refractivity contribution in [3.8, 4) is 6.07 Å². The summed E-state index contributed by atoms with van der Waals surface area (Å²) in [7, 11) is 0. The molecule has 1 aromatic rings. The molecule has 0 aliphatic carbocycles. The Bertz CT molecular complexity index is 491. The van der Waals surface area contributed by atoms with E-state index in [1.165, 1.54) is 12.3 Å². The summed E-state index contributed by atoms with van der Waals surface area (Å²) in [5, 5.41) is 12.0. The molecular formula is C12H13ClN4O. The Morgan fingerprint density at radius 1 is 1.56 bits per heavy atom. The maximum absolute atomic E-state index is 11.8. The second kappa shape index (κ2) is 5.69. The van der Waals surface area contributed by atoms with Crippen LogP contribution >= 0.6 is 11.6 Å². The summed E-state index contributed by atoms with van der Waals surface area (Å²) in [5.74, 6) is 0.413. The van der Waals surface area contributed by atoms with Gasteiger partial charge in [0.05, 0.1) is 12.1 Å². The van der Waals surface area contributed by atoms with Gasteiger partial charge in [-0.3, -0.25) is 4.79 Å². The van der Waals surface area contributed by atoms with Crippen molar-refractivity contribution >= 4 is 23.3 Å². The molecule has 1 fully saturated rings. The largest absolute Gasteiger partial charge is 0.360 e. The molecule has 2 heterocycles. The third-order valence-electron chi connectivity index (χ3n) is 2.88. The summed E-state index contributed by atoms with van der Waals surface area (Å²) >= 11 is 5.98. The molecule has 0 atom stereocenters. The molecule has 1 amide bonds. The van der Waals surface area contributed by atoms with Crippen LogP contribution in [0.25, 0.3) is 0 Å².